The van der Waals surface area contributed by atoms with E-state index in [0.717, 1.165) is 12.3 Å². The van der Waals surface area contributed by atoms with Crippen molar-refractivity contribution in [1.29, 1.82) is 0 Å². The van der Waals surface area contributed by atoms with Crippen LogP contribution in [0.2, 0.25) is 0 Å². The lowest BCUT2D eigenvalue weighted by Crippen LogP contribution is -2.32. The molecule has 2 saturated heterocycles. The number of nitrogens with zero attached hydrogens (tertiary/aromatic N) is 3. The van der Waals surface area contributed by atoms with E-state index in [9.17, 15) is 22.8 Å². The highest BCUT2D eigenvalue weighted by Crippen LogP contribution is 2.32. The average molecular weight is 286 g/mol. The molecule has 2 aliphatic rings. The Labute approximate surface area is 111 Å². The van der Waals surface area contributed by atoms with Crippen LogP contribution in [-0.2, 0) is 15.8 Å². The number of imide groups is 1. The number of anilines is 1. The first-order chi connectivity index (χ1) is 9.36. The monoisotopic (exact) mass is 286 g/mol. The van der Waals surface area contributed by atoms with E-state index in [1.807, 2.05) is 0 Å². The van der Waals surface area contributed by atoms with E-state index in [2.05, 4.69) is 15.3 Å². The first-order valence-corrected chi connectivity index (χ1v) is 5.86. The molecule has 0 spiro atoms. The molecule has 0 radical (unpaired) electrons. The number of nitrogens with one attached hydrogen (secondary N) is 1. The second-order valence-electron chi connectivity index (χ2n) is 4.71. The van der Waals surface area contributed by atoms with Crippen LogP contribution in [0.25, 0.3) is 0 Å². The van der Waals surface area contributed by atoms with Gasteiger partial charge in [0.05, 0.1) is 11.8 Å². The summed E-state index contributed by atoms with van der Waals surface area (Å²) < 4.78 is 37.7. The molecule has 0 saturated carbocycles. The van der Waals surface area contributed by atoms with E-state index in [1.54, 1.807) is 0 Å². The molecule has 2 unspecified atom stereocenters. The molecule has 2 amide bonds. The molecular weight excluding hydrogens is 277 g/mol. The molecule has 2 atom stereocenters. The largest absolute Gasteiger partial charge is 0.433 e. The normalized spacial score (nSPS) is 25.9. The summed E-state index contributed by atoms with van der Waals surface area (Å²) in [5.41, 5.74) is -1.05. The van der Waals surface area contributed by atoms with E-state index in [-0.39, 0.29) is 19.0 Å². The zero-order valence-electron chi connectivity index (χ0n) is 10.0. The minimum Gasteiger partial charge on any atom is -0.339 e. The van der Waals surface area contributed by atoms with E-state index >= 15 is 0 Å². The third-order valence-electron chi connectivity index (χ3n) is 3.46. The maximum Gasteiger partial charge on any atom is 0.433 e. The summed E-state index contributed by atoms with van der Waals surface area (Å²) in [5, 5.41) is 2.20. The number of carbonyl (C=O) groups is 2. The topological polar surface area (TPSA) is 75.2 Å². The number of aromatic nitrogens is 2. The van der Waals surface area contributed by atoms with Crippen LogP contribution in [0.3, 0.4) is 0 Å². The van der Waals surface area contributed by atoms with Crippen molar-refractivity contribution in [2.24, 2.45) is 11.8 Å². The van der Waals surface area contributed by atoms with Crippen molar-refractivity contribution in [1.82, 2.24) is 15.3 Å². The molecule has 1 aromatic rings. The number of hydrogen-bond donors (Lipinski definition) is 1. The van der Waals surface area contributed by atoms with Crippen LogP contribution in [0.5, 0.6) is 0 Å². The second kappa shape index (κ2) is 4.15. The summed E-state index contributed by atoms with van der Waals surface area (Å²) in [6.45, 7) is 0.285. The van der Waals surface area contributed by atoms with Gasteiger partial charge in [0.25, 0.3) is 0 Å². The van der Waals surface area contributed by atoms with Gasteiger partial charge in [-0.3, -0.25) is 14.9 Å². The Hall–Kier alpha value is -2.19. The molecule has 2 aliphatic heterocycles. The van der Waals surface area contributed by atoms with Crippen LogP contribution in [0.1, 0.15) is 5.69 Å². The van der Waals surface area contributed by atoms with Gasteiger partial charge in [0, 0.05) is 19.3 Å². The molecule has 20 heavy (non-hydrogen) atoms. The average Bonchev–Trinajstić information content (AvgIpc) is 2.92. The van der Waals surface area contributed by atoms with Gasteiger partial charge < -0.3 is 4.90 Å². The maximum atomic E-state index is 12.6. The van der Waals surface area contributed by atoms with Gasteiger partial charge in [-0.05, 0) is 6.07 Å². The van der Waals surface area contributed by atoms with Gasteiger partial charge in [0.15, 0.2) is 0 Å². The molecule has 9 heteroatoms. The Morgan fingerprint density at radius 1 is 1.20 bits per heavy atom. The minimum atomic E-state index is -4.56. The number of rotatable bonds is 1. The number of amides is 2. The van der Waals surface area contributed by atoms with Crippen molar-refractivity contribution in [2.75, 3.05) is 18.0 Å². The molecule has 3 rings (SSSR count). The molecule has 1 N–H and O–H groups in total. The lowest BCUT2D eigenvalue weighted by atomic mass is 10.00. The number of alkyl halides is 3. The van der Waals surface area contributed by atoms with Gasteiger partial charge in [0.1, 0.15) is 5.69 Å². The Balaban J connectivity index is 1.85. The van der Waals surface area contributed by atoms with Gasteiger partial charge >= 0.3 is 6.18 Å². The Morgan fingerprint density at radius 3 is 2.35 bits per heavy atom. The predicted octanol–water partition coefficient (Wildman–Crippen LogP) is 0.204. The van der Waals surface area contributed by atoms with Crippen LogP contribution < -0.4 is 10.2 Å². The number of hydrogen-bond acceptors (Lipinski definition) is 5. The fraction of sp³-hybridized carbons (Fsp3) is 0.455. The van der Waals surface area contributed by atoms with E-state index in [0.29, 0.717) is 0 Å². The zero-order chi connectivity index (χ0) is 14.5. The van der Waals surface area contributed by atoms with Crippen molar-refractivity contribution in [2.45, 2.75) is 6.18 Å². The summed E-state index contributed by atoms with van der Waals surface area (Å²) in [5.74, 6) is -1.99. The van der Waals surface area contributed by atoms with Crippen LogP contribution in [0, 0.1) is 11.8 Å². The van der Waals surface area contributed by atoms with Gasteiger partial charge in [-0.25, -0.2) is 9.97 Å². The number of fused-ring (bicyclic) bond motifs is 1. The van der Waals surface area contributed by atoms with Gasteiger partial charge in [0.2, 0.25) is 17.8 Å². The highest BCUT2D eigenvalue weighted by Gasteiger charge is 2.48. The van der Waals surface area contributed by atoms with E-state index in [4.69, 9.17) is 0 Å². The maximum absolute atomic E-state index is 12.6. The second-order valence-corrected chi connectivity index (χ2v) is 4.71. The summed E-state index contributed by atoms with van der Waals surface area (Å²) in [4.78, 5) is 31.6. The first kappa shape index (κ1) is 12.8. The molecule has 3 heterocycles. The van der Waals surface area contributed by atoms with Crippen molar-refractivity contribution in [3.05, 3.63) is 18.0 Å². The van der Waals surface area contributed by atoms with Crippen LogP contribution in [-0.4, -0.2) is 34.9 Å². The Morgan fingerprint density at radius 2 is 1.80 bits per heavy atom. The Kier molecular flexibility index (Phi) is 2.66. The molecule has 106 valence electrons. The third kappa shape index (κ3) is 1.98. The quantitative estimate of drug-likeness (QED) is 0.747. The van der Waals surface area contributed by atoms with Crippen LogP contribution in [0.4, 0.5) is 19.1 Å². The first-order valence-electron chi connectivity index (χ1n) is 5.86. The molecular formula is C11H9F3N4O2. The molecule has 0 bridgehead atoms. The van der Waals surface area contributed by atoms with Gasteiger partial charge in [-0.1, -0.05) is 0 Å². The fourth-order valence-electron chi connectivity index (χ4n) is 2.46. The number of carbonyl (C=O) groups excluding carboxylic acids is 2. The highest BCUT2D eigenvalue weighted by atomic mass is 19.4. The lowest BCUT2D eigenvalue weighted by Gasteiger charge is -2.17. The molecule has 1 aromatic heterocycles. The molecule has 2 fully saturated rings. The van der Waals surface area contributed by atoms with Crippen LogP contribution in [0.15, 0.2) is 12.3 Å². The van der Waals surface area contributed by atoms with Crippen molar-refractivity contribution >= 4 is 17.8 Å². The van der Waals surface area contributed by atoms with Gasteiger partial charge in [-0.2, -0.15) is 13.2 Å². The summed E-state index contributed by atoms with van der Waals surface area (Å²) in [6, 6.07) is 0.776. The predicted molar refractivity (Wildman–Crippen MR) is 59.4 cm³/mol. The standard InChI is InChI=1S/C11H9F3N4O2/c12-11(13,14)7-1-2-15-10(16-7)18-3-5-6(4-18)9(20)17-8(5)19/h1-2,5-6H,3-4H2,(H,17,19,20). The van der Waals surface area contributed by atoms with Crippen molar-refractivity contribution in [3.63, 3.8) is 0 Å². The van der Waals surface area contributed by atoms with Crippen LogP contribution >= 0.6 is 0 Å². The van der Waals surface area contributed by atoms with Crippen molar-refractivity contribution in [3.8, 4) is 0 Å². The van der Waals surface area contributed by atoms with E-state index < -0.39 is 35.5 Å². The minimum absolute atomic E-state index is 0.116. The Bertz CT molecular complexity index is 567. The summed E-state index contributed by atoms with van der Waals surface area (Å²) in [7, 11) is 0. The van der Waals surface area contributed by atoms with Crippen molar-refractivity contribution < 1.29 is 22.8 Å². The lowest BCUT2D eigenvalue weighted by molar-refractivity contribution is -0.141. The third-order valence-corrected chi connectivity index (χ3v) is 3.46. The molecule has 0 aliphatic carbocycles. The highest BCUT2D eigenvalue weighted by molar-refractivity contribution is 6.06. The fourth-order valence-corrected chi connectivity index (χ4v) is 2.46. The number of halogens is 3. The smallest absolute Gasteiger partial charge is 0.339 e. The molecule has 0 aromatic carbocycles. The summed E-state index contributed by atoms with van der Waals surface area (Å²) >= 11 is 0. The molecule has 6 nitrogen and oxygen atoms in total. The SMILES string of the molecule is O=C1NC(=O)C2CN(c3nccc(C(F)(F)F)n3)CC12. The van der Waals surface area contributed by atoms with E-state index in [1.165, 1.54) is 4.90 Å². The summed E-state index contributed by atoms with van der Waals surface area (Å²) in [6.07, 6.45) is -3.54. The zero-order valence-corrected chi connectivity index (χ0v) is 10.0. The van der Waals surface area contributed by atoms with Gasteiger partial charge in [-0.15, -0.1) is 0 Å².